The Morgan fingerprint density at radius 2 is 2.32 bits per heavy atom. The summed E-state index contributed by atoms with van der Waals surface area (Å²) in [5, 5.41) is 0. The van der Waals surface area contributed by atoms with Gasteiger partial charge in [0.2, 0.25) is 5.95 Å². The summed E-state index contributed by atoms with van der Waals surface area (Å²) in [4.78, 5) is 11.2. The first-order valence-corrected chi connectivity index (χ1v) is 6.98. The van der Waals surface area contributed by atoms with Gasteiger partial charge >= 0.3 is 0 Å². The van der Waals surface area contributed by atoms with E-state index in [4.69, 9.17) is 4.74 Å². The predicted octanol–water partition coefficient (Wildman–Crippen LogP) is 2.59. The molecule has 0 aromatic carbocycles. The topological polar surface area (TPSA) is 38.2 Å². The van der Waals surface area contributed by atoms with Gasteiger partial charge in [-0.05, 0) is 38.2 Å². The fraction of sp³-hybridized carbons (Fsp3) is 0.600. The van der Waals surface area contributed by atoms with Crippen molar-refractivity contribution in [1.29, 1.82) is 0 Å². The maximum absolute atomic E-state index is 5.20. The minimum atomic E-state index is 0.700. The lowest BCUT2D eigenvalue weighted by atomic mass is 9.94. The third kappa shape index (κ3) is 4.31. The first kappa shape index (κ1) is 14.0. The van der Waals surface area contributed by atoms with Crippen molar-refractivity contribution >= 4 is 5.95 Å². The number of hydrogen-bond donors (Lipinski definition) is 0. The molecule has 0 amide bonds. The van der Waals surface area contributed by atoms with E-state index >= 15 is 0 Å². The smallest absolute Gasteiger partial charge is 0.225 e. The van der Waals surface area contributed by atoms with E-state index in [0.29, 0.717) is 12.5 Å². The van der Waals surface area contributed by atoms with Crippen LogP contribution in [-0.2, 0) is 4.74 Å². The van der Waals surface area contributed by atoms with Crippen LogP contribution >= 0.6 is 0 Å². The second-order valence-corrected chi connectivity index (χ2v) is 5.09. The van der Waals surface area contributed by atoms with Gasteiger partial charge in [-0.3, -0.25) is 0 Å². The number of hydrogen-bond acceptors (Lipinski definition) is 4. The molecule has 4 heteroatoms. The van der Waals surface area contributed by atoms with Crippen molar-refractivity contribution in [2.24, 2.45) is 5.92 Å². The average molecular weight is 261 g/mol. The van der Waals surface area contributed by atoms with E-state index in [1.807, 2.05) is 19.2 Å². The predicted molar refractivity (Wildman–Crippen MR) is 77.3 cm³/mol. The molecule has 0 radical (unpaired) electrons. The Hall–Kier alpha value is -1.42. The number of aryl methyl sites for hydroxylation is 1. The van der Waals surface area contributed by atoms with Crippen molar-refractivity contribution < 1.29 is 4.74 Å². The lowest BCUT2D eigenvalue weighted by Crippen LogP contribution is -2.34. The van der Waals surface area contributed by atoms with Gasteiger partial charge in [0.05, 0.1) is 6.61 Å². The number of allylic oxidation sites excluding steroid dienone is 2. The van der Waals surface area contributed by atoms with Crippen LogP contribution < -0.4 is 4.90 Å². The van der Waals surface area contributed by atoms with E-state index in [-0.39, 0.29) is 0 Å². The van der Waals surface area contributed by atoms with E-state index in [1.165, 1.54) is 12.8 Å². The minimum absolute atomic E-state index is 0.700. The Kier molecular flexibility index (Phi) is 5.33. The molecule has 0 saturated carbocycles. The SMILES string of the molecule is COCCN(CC1CC=CCC1)c1nccc(C)n1. The standard InChI is InChI=1S/C15H23N3O/c1-13-8-9-16-15(17-13)18(10-11-19-2)12-14-6-4-3-5-7-14/h3-4,8-9,14H,5-7,10-12H2,1-2H3. The highest BCUT2D eigenvalue weighted by molar-refractivity contribution is 5.30. The van der Waals surface area contributed by atoms with Crippen LogP contribution in [0, 0.1) is 12.8 Å². The Morgan fingerprint density at radius 3 is 3.00 bits per heavy atom. The molecule has 1 aliphatic rings. The summed E-state index contributed by atoms with van der Waals surface area (Å²) < 4.78 is 5.20. The molecule has 0 fully saturated rings. The summed E-state index contributed by atoms with van der Waals surface area (Å²) in [6, 6.07) is 1.93. The molecule has 2 rings (SSSR count). The maximum atomic E-state index is 5.20. The van der Waals surface area contributed by atoms with Crippen molar-refractivity contribution in [2.75, 3.05) is 31.7 Å². The third-order valence-electron chi connectivity index (χ3n) is 3.49. The molecule has 104 valence electrons. The molecule has 4 nitrogen and oxygen atoms in total. The molecule has 0 aliphatic heterocycles. The van der Waals surface area contributed by atoms with Crippen LogP contribution in [0.3, 0.4) is 0 Å². The lowest BCUT2D eigenvalue weighted by molar-refractivity contribution is 0.203. The Bertz CT molecular complexity index is 420. The van der Waals surface area contributed by atoms with Crippen LogP contribution in [0.15, 0.2) is 24.4 Å². The van der Waals surface area contributed by atoms with Crippen molar-refractivity contribution in [2.45, 2.75) is 26.2 Å². The summed E-state index contributed by atoms with van der Waals surface area (Å²) in [5.74, 6) is 1.53. The highest BCUT2D eigenvalue weighted by atomic mass is 16.5. The first-order chi connectivity index (χ1) is 9.29. The van der Waals surface area contributed by atoms with Crippen LogP contribution in [0.4, 0.5) is 5.95 Å². The number of methoxy groups -OCH3 is 1. The van der Waals surface area contributed by atoms with E-state index in [1.54, 1.807) is 7.11 Å². The van der Waals surface area contributed by atoms with E-state index in [2.05, 4.69) is 27.0 Å². The fourth-order valence-electron chi connectivity index (χ4n) is 2.40. The minimum Gasteiger partial charge on any atom is -0.383 e. The molecule has 0 bridgehead atoms. The van der Waals surface area contributed by atoms with Crippen molar-refractivity contribution in [3.05, 3.63) is 30.1 Å². The van der Waals surface area contributed by atoms with E-state index < -0.39 is 0 Å². The number of rotatable bonds is 6. The molecular formula is C15H23N3O. The number of nitrogens with zero attached hydrogens (tertiary/aromatic N) is 3. The maximum Gasteiger partial charge on any atom is 0.225 e. The largest absolute Gasteiger partial charge is 0.383 e. The van der Waals surface area contributed by atoms with Crippen LogP contribution in [0.5, 0.6) is 0 Å². The highest BCUT2D eigenvalue weighted by Gasteiger charge is 2.17. The van der Waals surface area contributed by atoms with Gasteiger partial charge in [0.15, 0.2) is 0 Å². The second-order valence-electron chi connectivity index (χ2n) is 5.09. The molecule has 19 heavy (non-hydrogen) atoms. The van der Waals surface area contributed by atoms with Crippen molar-refractivity contribution in [3.8, 4) is 0 Å². The molecule has 1 atom stereocenters. The zero-order valence-corrected chi connectivity index (χ0v) is 11.9. The van der Waals surface area contributed by atoms with Crippen molar-refractivity contribution in [3.63, 3.8) is 0 Å². The zero-order valence-electron chi connectivity index (χ0n) is 11.9. The Balaban J connectivity index is 2.04. The van der Waals surface area contributed by atoms with Gasteiger partial charge in [-0.25, -0.2) is 9.97 Å². The fourth-order valence-corrected chi connectivity index (χ4v) is 2.40. The van der Waals surface area contributed by atoms with E-state index in [0.717, 1.165) is 31.2 Å². The monoisotopic (exact) mass is 261 g/mol. The summed E-state index contributed by atoms with van der Waals surface area (Å²) in [7, 11) is 1.73. The van der Waals surface area contributed by atoms with Gasteiger partial charge in [0.25, 0.3) is 0 Å². The summed E-state index contributed by atoms with van der Waals surface area (Å²) in [5.41, 5.74) is 1.01. The van der Waals surface area contributed by atoms with Gasteiger partial charge in [-0.2, -0.15) is 0 Å². The highest BCUT2D eigenvalue weighted by Crippen LogP contribution is 2.21. The second kappa shape index (κ2) is 7.24. The summed E-state index contributed by atoms with van der Waals surface area (Å²) in [6.45, 7) is 4.57. The molecule has 1 aromatic rings. The molecule has 1 unspecified atom stereocenters. The first-order valence-electron chi connectivity index (χ1n) is 6.98. The lowest BCUT2D eigenvalue weighted by Gasteiger charge is -2.28. The normalized spacial score (nSPS) is 18.5. The molecule has 0 spiro atoms. The van der Waals surface area contributed by atoms with Crippen LogP contribution in [0.1, 0.15) is 25.0 Å². The third-order valence-corrected chi connectivity index (χ3v) is 3.49. The van der Waals surface area contributed by atoms with Crippen LogP contribution in [0.2, 0.25) is 0 Å². The summed E-state index contributed by atoms with van der Waals surface area (Å²) in [6.07, 6.45) is 10.0. The van der Waals surface area contributed by atoms with Gasteiger partial charge in [0, 0.05) is 32.1 Å². The molecule has 0 saturated heterocycles. The average Bonchev–Trinajstić information content (AvgIpc) is 2.44. The molecule has 1 aromatic heterocycles. The Labute approximate surface area is 115 Å². The zero-order chi connectivity index (χ0) is 13.5. The van der Waals surface area contributed by atoms with Gasteiger partial charge in [0.1, 0.15) is 0 Å². The quantitative estimate of drug-likeness (QED) is 0.738. The van der Waals surface area contributed by atoms with Crippen LogP contribution in [-0.4, -0.2) is 36.8 Å². The molecule has 1 heterocycles. The molecule has 0 N–H and O–H groups in total. The number of ether oxygens (including phenoxy) is 1. The number of aromatic nitrogens is 2. The van der Waals surface area contributed by atoms with Gasteiger partial charge < -0.3 is 9.64 Å². The van der Waals surface area contributed by atoms with Gasteiger partial charge in [-0.1, -0.05) is 12.2 Å². The summed E-state index contributed by atoms with van der Waals surface area (Å²) >= 11 is 0. The van der Waals surface area contributed by atoms with E-state index in [9.17, 15) is 0 Å². The van der Waals surface area contributed by atoms with Crippen molar-refractivity contribution in [1.82, 2.24) is 9.97 Å². The Morgan fingerprint density at radius 1 is 1.42 bits per heavy atom. The van der Waals surface area contributed by atoms with Gasteiger partial charge in [-0.15, -0.1) is 0 Å². The van der Waals surface area contributed by atoms with Crippen LogP contribution in [0.25, 0.3) is 0 Å². The molecule has 1 aliphatic carbocycles. The molecular weight excluding hydrogens is 238 g/mol. The number of anilines is 1.